The van der Waals surface area contributed by atoms with Gasteiger partial charge in [0, 0.05) is 22.7 Å². The predicted octanol–water partition coefficient (Wildman–Crippen LogP) is 1.38. The molecule has 0 saturated heterocycles. The van der Waals surface area contributed by atoms with Crippen LogP contribution in [0.4, 0.5) is 0 Å². The highest BCUT2D eigenvalue weighted by atomic mass is 79.9. The number of sulfonamides is 1. The Morgan fingerprint density at radius 3 is 2.37 bits per heavy atom. The summed E-state index contributed by atoms with van der Waals surface area (Å²) in [7, 11) is -2.44. The first-order chi connectivity index (χ1) is 8.91. The number of primary sulfonamides is 1. The summed E-state index contributed by atoms with van der Waals surface area (Å²) in [5, 5.41) is 5.18. The largest absolute Gasteiger partial charge is 0.495 e. The molecule has 0 aliphatic rings. The molecule has 0 aliphatic carbocycles. The molecule has 0 unspecified atom stereocenters. The van der Waals surface area contributed by atoms with Crippen LogP contribution in [0.25, 0.3) is 5.69 Å². The number of ether oxygens (including phenoxy) is 1. The van der Waals surface area contributed by atoms with Crippen LogP contribution < -0.4 is 14.4 Å². The molecular weight excluding hydrogens is 332 g/mol. The summed E-state index contributed by atoms with van der Waals surface area (Å²) >= 11 is 3.34. The number of pyridine rings is 1. The fourth-order valence-electron chi connectivity index (χ4n) is 1.62. The minimum absolute atomic E-state index is 0.0552. The zero-order valence-corrected chi connectivity index (χ0v) is 12.5. The van der Waals surface area contributed by atoms with Crippen molar-refractivity contribution in [2.24, 2.45) is 5.14 Å². The van der Waals surface area contributed by atoms with Crippen molar-refractivity contribution in [3.8, 4) is 11.4 Å². The maximum Gasteiger partial charge on any atom is 0.247 e. The molecule has 0 aliphatic heterocycles. The zero-order chi connectivity index (χ0) is 14.0. The van der Waals surface area contributed by atoms with E-state index in [0.717, 1.165) is 10.2 Å². The molecule has 2 rings (SSSR count). The fraction of sp³-hybridized carbons (Fsp3) is 0.0833. The Morgan fingerprint density at radius 1 is 1.21 bits per heavy atom. The van der Waals surface area contributed by atoms with Crippen molar-refractivity contribution in [3.05, 3.63) is 47.2 Å². The van der Waals surface area contributed by atoms with Crippen LogP contribution in [0.3, 0.4) is 0 Å². The van der Waals surface area contributed by atoms with E-state index in [4.69, 9.17) is 9.88 Å². The van der Waals surface area contributed by atoms with E-state index in [1.165, 1.54) is 13.3 Å². The van der Waals surface area contributed by atoms with Crippen molar-refractivity contribution in [2.75, 3.05) is 7.11 Å². The van der Waals surface area contributed by atoms with E-state index in [0.29, 0.717) is 0 Å². The Labute approximate surface area is 119 Å². The zero-order valence-electron chi connectivity index (χ0n) is 10.1. The van der Waals surface area contributed by atoms with E-state index in [-0.39, 0.29) is 10.6 Å². The summed E-state index contributed by atoms with van der Waals surface area (Å²) in [6, 6.07) is 8.99. The normalized spacial score (nSPS) is 11.3. The van der Waals surface area contributed by atoms with Gasteiger partial charge in [0.25, 0.3) is 0 Å². The Hall–Kier alpha value is -1.44. The minimum Gasteiger partial charge on any atom is -0.495 e. The smallest absolute Gasteiger partial charge is 0.247 e. The Balaban J connectivity index is 2.58. The van der Waals surface area contributed by atoms with Gasteiger partial charge in [0.05, 0.1) is 7.11 Å². The second-order valence-electron chi connectivity index (χ2n) is 3.81. The average molecular weight is 344 g/mol. The predicted molar refractivity (Wildman–Crippen MR) is 73.6 cm³/mol. The van der Waals surface area contributed by atoms with Gasteiger partial charge in [0.2, 0.25) is 15.7 Å². The quantitative estimate of drug-likeness (QED) is 0.855. The molecule has 0 bridgehead atoms. The van der Waals surface area contributed by atoms with Crippen LogP contribution in [0.5, 0.6) is 5.75 Å². The number of methoxy groups -OCH3 is 1. The van der Waals surface area contributed by atoms with Gasteiger partial charge in [-0.15, -0.1) is 0 Å². The van der Waals surface area contributed by atoms with Gasteiger partial charge in [-0.2, -0.15) is 4.57 Å². The Kier molecular flexibility index (Phi) is 3.88. The van der Waals surface area contributed by atoms with Gasteiger partial charge in [-0.1, -0.05) is 15.9 Å². The second-order valence-corrected chi connectivity index (χ2v) is 6.25. The topological polar surface area (TPSA) is 73.3 Å². The van der Waals surface area contributed by atoms with Gasteiger partial charge in [-0.3, -0.25) is 0 Å². The van der Waals surface area contributed by atoms with Gasteiger partial charge < -0.3 is 4.74 Å². The maximum absolute atomic E-state index is 11.5. The molecule has 0 amide bonds. The molecule has 2 N–H and O–H groups in total. The molecule has 1 heterocycles. The van der Waals surface area contributed by atoms with Crippen LogP contribution >= 0.6 is 15.9 Å². The number of nitrogens with zero attached hydrogens (tertiary/aromatic N) is 1. The van der Waals surface area contributed by atoms with E-state index in [2.05, 4.69) is 15.9 Å². The van der Waals surface area contributed by atoms with Crippen LogP contribution in [0.1, 0.15) is 0 Å². The summed E-state index contributed by atoms with van der Waals surface area (Å²) in [4.78, 5) is -0.0552. The molecule has 0 fully saturated rings. The lowest BCUT2D eigenvalue weighted by Crippen LogP contribution is -2.31. The third-order valence-electron chi connectivity index (χ3n) is 2.54. The number of rotatable bonds is 3. The van der Waals surface area contributed by atoms with Crippen molar-refractivity contribution >= 4 is 26.0 Å². The SMILES string of the molecule is COc1cc[n+](-c2ccc(Br)cc2)cc1S(N)(=O)=O. The van der Waals surface area contributed by atoms with E-state index in [1.807, 2.05) is 24.3 Å². The van der Waals surface area contributed by atoms with Gasteiger partial charge in [0.15, 0.2) is 23.0 Å². The molecule has 2 aromatic rings. The lowest BCUT2D eigenvalue weighted by Gasteiger charge is -2.05. The van der Waals surface area contributed by atoms with Crippen LogP contribution in [0.2, 0.25) is 0 Å². The summed E-state index contributed by atoms with van der Waals surface area (Å²) in [6.07, 6.45) is 3.13. The van der Waals surface area contributed by atoms with Gasteiger partial charge in [0.1, 0.15) is 0 Å². The van der Waals surface area contributed by atoms with Gasteiger partial charge in [-0.25, -0.2) is 13.6 Å². The van der Waals surface area contributed by atoms with E-state index in [9.17, 15) is 8.42 Å². The molecule has 0 spiro atoms. The summed E-state index contributed by atoms with van der Waals surface area (Å²) in [5.74, 6) is 0.218. The van der Waals surface area contributed by atoms with Crippen molar-refractivity contribution in [1.82, 2.24) is 0 Å². The number of aromatic nitrogens is 1. The number of hydrogen-bond acceptors (Lipinski definition) is 3. The first-order valence-corrected chi connectivity index (χ1v) is 7.64. The molecule has 0 atom stereocenters. The van der Waals surface area contributed by atoms with Crippen LogP contribution in [0.15, 0.2) is 52.1 Å². The van der Waals surface area contributed by atoms with E-state index >= 15 is 0 Å². The molecule has 7 heteroatoms. The standard InChI is InChI=1S/C12H12BrN2O3S/c1-18-11-6-7-15(8-12(11)19(14,16)17)10-4-2-9(13)3-5-10/h2-8H,1H3,(H2,14,16,17)/q+1. The number of hydrogen-bond donors (Lipinski definition) is 1. The first-order valence-electron chi connectivity index (χ1n) is 5.30. The van der Waals surface area contributed by atoms with Crippen molar-refractivity contribution in [3.63, 3.8) is 0 Å². The summed E-state index contributed by atoms with van der Waals surface area (Å²) < 4.78 is 30.7. The molecule has 100 valence electrons. The third-order valence-corrected chi connectivity index (χ3v) is 3.99. The number of halogens is 1. The van der Waals surface area contributed by atoms with Crippen LogP contribution in [-0.4, -0.2) is 15.5 Å². The Bertz CT molecular complexity index is 699. The monoisotopic (exact) mass is 343 g/mol. The molecule has 0 saturated carbocycles. The molecule has 1 aromatic carbocycles. The maximum atomic E-state index is 11.5. The first kappa shape index (κ1) is 14.0. The highest BCUT2D eigenvalue weighted by Crippen LogP contribution is 2.20. The second kappa shape index (κ2) is 5.28. The molecule has 5 nitrogen and oxygen atoms in total. The van der Waals surface area contributed by atoms with Crippen molar-refractivity contribution < 1.29 is 17.7 Å². The summed E-state index contributed by atoms with van der Waals surface area (Å²) in [6.45, 7) is 0. The lowest BCUT2D eigenvalue weighted by atomic mass is 10.3. The highest BCUT2D eigenvalue weighted by Gasteiger charge is 2.20. The Morgan fingerprint density at radius 2 is 1.84 bits per heavy atom. The van der Waals surface area contributed by atoms with Crippen molar-refractivity contribution in [2.45, 2.75) is 4.90 Å². The van der Waals surface area contributed by atoms with E-state index in [1.54, 1.807) is 16.8 Å². The molecule has 19 heavy (non-hydrogen) atoms. The highest BCUT2D eigenvalue weighted by molar-refractivity contribution is 9.10. The lowest BCUT2D eigenvalue weighted by molar-refractivity contribution is -0.598. The minimum atomic E-state index is -3.84. The van der Waals surface area contributed by atoms with E-state index < -0.39 is 10.0 Å². The fourth-order valence-corrected chi connectivity index (χ4v) is 2.58. The molecule has 0 radical (unpaired) electrons. The molecular formula is C12H12BrN2O3S+. The van der Waals surface area contributed by atoms with Gasteiger partial charge >= 0.3 is 0 Å². The van der Waals surface area contributed by atoms with Crippen LogP contribution in [-0.2, 0) is 10.0 Å². The number of benzene rings is 1. The average Bonchev–Trinajstić information content (AvgIpc) is 2.38. The number of nitrogens with two attached hydrogens (primary N) is 1. The van der Waals surface area contributed by atoms with Crippen LogP contribution in [0, 0.1) is 0 Å². The third kappa shape index (κ3) is 3.12. The molecule has 1 aromatic heterocycles. The summed E-state index contributed by atoms with van der Waals surface area (Å²) in [5.41, 5.74) is 0.816. The van der Waals surface area contributed by atoms with Gasteiger partial charge in [-0.05, 0) is 12.1 Å². The van der Waals surface area contributed by atoms with Crippen molar-refractivity contribution in [1.29, 1.82) is 0 Å².